The molecule has 19 heavy (non-hydrogen) atoms. The van der Waals surface area contributed by atoms with E-state index in [1.807, 2.05) is 24.3 Å². The first-order valence-corrected chi connectivity index (χ1v) is 6.92. The number of amides is 1. The Balaban J connectivity index is 1.99. The molecule has 1 amide bonds. The molecule has 3 atom stereocenters. The number of anilines is 1. The topological polar surface area (TPSA) is 58.6 Å². The van der Waals surface area contributed by atoms with E-state index in [-0.39, 0.29) is 12.0 Å². The second-order valence-corrected chi connectivity index (χ2v) is 5.45. The van der Waals surface area contributed by atoms with Gasteiger partial charge in [0.25, 0.3) is 5.91 Å². The Morgan fingerprint density at radius 1 is 1.47 bits per heavy atom. The van der Waals surface area contributed by atoms with E-state index >= 15 is 0 Å². The van der Waals surface area contributed by atoms with E-state index in [0.29, 0.717) is 12.8 Å². The Labute approximate surface area is 112 Å². The number of fused-ring (bicyclic) bond motifs is 2. The second kappa shape index (κ2) is 4.62. The van der Waals surface area contributed by atoms with Crippen LogP contribution < -0.4 is 5.32 Å². The smallest absolute Gasteiger partial charge is 0.261 e. The fourth-order valence-electron chi connectivity index (χ4n) is 3.21. The highest BCUT2D eigenvalue weighted by atomic mass is 16.5. The maximum atomic E-state index is 12.4. The van der Waals surface area contributed by atoms with Crippen molar-refractivity contribution in [2.45, 2.75) is 50.4 Å². The van der Waals surface area contributed by atoms with Crippen LogP contribution in [0, 0.1) is 0 Å². The number of carbonyl (C=O) groups is 1. The average molecular weight is 261 g/mol. The predicted octanol–water partition coefficient (Wildman–Crippen LogP) is 2.17. The lowest BCUT2D eigenvalue weighted by Crippen LogP contribution is -2.48. The molecule has 1 fully saturated rings. The molecule has 1 saturated heterocycles. The summed E-state index contributed by atoms with van der Waals surface area (Å²) in [4.78, 5) is 12.4. The summed E-state index contributed by atoms with van der Waals surface area (Å²) in [6.45, 7) is 2.08. The van der Waals surface area contributed by atoms with E-state index in [9.17, 15) is 9.90 Å². The molecular formula is C15H19NO3. The SMILES string of the molecule is CCC[C@H]1C[C@@H](O)C[C@@]2(O1)C(=O)Nc1ccccc12. The van der Waals surface area contributed by atoms with Crippen molar-refractivity contribution >= 4 is 11.6 Å². The van der Waals surface area contributed by atoms with E-state index < -0.39 is 11.7 Å². The van der Waals surface area contributed by atoms with Crippen LogP contribution in [0.5, 0.6) is 0 Å². The largest absolute Gasteiger partial charge is 0.393 e. The van der Waals surface area contributed by atoms with Crippen LogP contribution in [-0.4, -0.2) is 23.2 Å². The van der Waals surface area contributed by atoms with Gasteiger partial charge >= 0.3 is 0 Å². The number of benzene rings is 1. The second-order valence-electron chi connectivity index (χ2n) is 5.45. The third-order valence-electron chi connectivity index (χ3n) is 4.01. The minimum atomic E-state index is -0.992. The van der Waals surface area contributed by atoms with Crippen molar-refractivity contribution in [2.75, 3.05) is 5.32 Å². The molecule has 0 unspecified atom stereocenters. The fraction of sp³-hybridized carbons (Fsp3) is 0.533. The number of para-hydroxylation sites is 1. The summed E-state index contributed by atoms with van der Waals surface area (Å²) in [5.74, 6) is -0.145. The zero-order valence-corrected chi connectivity index (χ0v) is 11.1. The van der Waals surface area contributed by atoms with Gasteiger partial charge in [0.2, 0.25) is 0 Å². The van der Waals surface area contributed by atoms with Gasteiger partial charge in [-0.3, -0.25) is 4.79 Å². The summed E-state index contributed by atoms with van der Waals surface area (Å²) in [5.41, 5.74) is 0.672. The van der Waals surface area contributed by atoms with Gasteiger partial charge in [-0.05, 0) is 18.9 Å². The number of aliphatic hydroxyl groups excluding tert-OH is 1. The van der Waals surface area contributed by atoms with Gasteiger partial charge in [-0.2, -0.15) is 0 Å². The Hall–Kier alpha value is -1.39. The van der Waals surface area contributed by atoms with Gasteiger partial charge in [-0.1, -0.05) is 31.5 Å². The third-order valence-corrected chi connectivity index (χ3v) is 4.01. The zero-order chi connectivity index (χ0) is 13.5. The molecule has 2 heterocycles. The van der Waals surface area contributed by atoms with E-state index in [4.69, 9.17) is 4.74 Å². The molecule has 0 aliphatic carbocycles. The van der Waals surface area contributed by atoms with Gasteiger partial charge in [0, 0.05) is 17.7 Å². The molecule has 1 spiro atoms. The van der Waals surface area contributed by atoms with E-state index in [1.54, 1.807) is 0 Å². The van der Waals surface area contributed by atoms with Crippen molar-refractivity contribution in [3.63, 3.8) is 0 Å². The highest BCUT2D eigenvalue weighted by molar-refractivity contribution is 6.05. The van der Waals surface area contributed by atoms with E-state index in [0.717, 1.165) is 24.1 Å². The molecule has 0 radical (unpaired) electrons. The Morgan fingerprint density at radius 3 is 3.05 bits per heavy atom. The van der Waals surface area contributed by atoms with Crippen LogP contribution in [0.15, 0.2) is 24.3 Å². The Morgan fingerprint density at radius 2 is 2.26 bits per heavy atom. The number of nitrogens with one attached hydrogen (secondary N) is 1. The van der Waals surface area contributed by atoms with Gasteiger partial charge in [0.15, 0.2) is 5.60 Å². The van der Waals surface area contributed by atoms with Gasteiger partial charge in [0.05, 0.1) is 12.2 Å². The van der Waals surface area contributed by atoms with Crippen molar-refractivity contribution in [1.29, 1.82) is 0 Å². The Bertz CT molecular complexity index is 502. The van der Waals surface area contributed by atoms with Crippen LogP contribution >= 0.6 is 0 Å². The lowest BCUT2D eigenvalue weighted by atomic mass is 9.84. The van der Waals surface area contributed by atoms with Crippen LogP contribution in [0.3, 0.4) is 0 Å². The maximum Gasteiger partial charge on any atom is 0.261 e. The summed E-state index contributed by atoms with van der Waals surface area (Å²) in [5, 5.41) is 13.0. The highest BCUT2D eigenvalue weighted by Crippen LogP contribution is 2.46. The number of hydrogen-bond acceptors (Lipinski definition) is 3. The number of hydrogen-bond donors (Lipinski definition) is 2. The predicted molar refractivity (Wildman–Crippen MR) is 71.8 cm³/mol. The average Bonchev–Trinajstić information content (AvgIpc) is 2.62. The molecule has 102 valence electrons. The van der Waals surface area contributed by atoms with Crippen molar-refractivity contribution in [3.05, 3.63) is 29.8 Å². The van der Waals surface area contributed by atoms with Crippen molar-refractivity contribution in [1.82, 2.24) is 0 Å². The summed E-state index contributed by atoms with van der Waals surface area (Å²) in [7, 11) is 0. The number of carbonyl (C=O) groups excluding carboxylic acids is 1. The maximum absolute atomic E-state index is 12.4. The minimum Gasteiger partial charge on any atom is -0.393 e. The standard InChI is InChI=1S/C15H19NO3/c1-2-5-11-8-10(17)9-15(19-11)12-6-3-4-7-13(12)16-14(15)18/h3-4,6-7,10-11,17H,2,5,8-9H2,1H3,(H,16,18)/t10-,11+,15+/m1/s1. The molecule has 0 bridgehead atoms. The van der Waals surface area contributed by atoms with Crippen LogP contribution in [0.1, 0.15) is 38.2 Å². The van der Waals surface area contributed by atoms with Crippen LogP contribution in [0.4, 0.5) is 5.69 Å². The van der Waals surface area contributed by atoms with Gasteiger partial charge in [0.1, 0.15) is 0 Å². The quantitative estimate of drug-likeness (QED) is 0.857. The molecule has 3 rings (SSSR count). The molecule has 2 N–H and O–H groups in total. The fourth-order valence-corrected chi connectivity index (χ4v) is 3.21. The molecule has 0 aromatic heterocycles. The molecule has 1 aromatic rings. The molecule has 4 heteroatoms. The minimum absolute atomic E-state index is 0.0503. The van der Waals surface area contributed by atoms with Crippen LogP contribution in [-0.2, 0) is 15.1 Å². The van der Waals surface area contributed by atoms with Gasteiger partial charge in [-0.25, -0.2) is 0 Å². The van der Waals surface area contributed by atoms with Gasteiger partial charge in [-0.15, -0.1) is 0 Å². The molecule has 2 aliphatic rings. The number of ether oxygens (including phenoxy) is 1. The number of rotatable bonds is 2. The Kier molecular flexibility index (Phi) is 3.07. The van der Waals surface area contributed by atoms with Crippen molar-refractivity contribution in [2.24, 2.45) is 0 Å². The van der Waals surface area contributed by atoms with Gasteiger partial charge < -0.3 is 15.2 Å². The molecule has 0 saturated carbocycles. The normalized spacial score (nSPS) is 33.3. The summed E-state index contributed by atoms with van der Waals surface area (Å²) >= 11 is 0. The molecular weight excluding hydrogens is 242 g/mol. The highest BCUT2D eigenvalue weighted by Gasteiger charge is 2.52. The third kappa shape index (κ3) is 1.95. The first-order valence-electron chi connectivity index (χ1n) is 6.92. The van der Waals surface area contributed by atoms with Crippen molar-refractivity contribution in [3.8, 4) is 0 Å². The summed E-state index contributed by atoms with van der Waals surface area (Å²) in [6, 6.07) is 7.58. The summed E-state index contributed by atoms with van der Waals surface area (Å²) < 4.78 is 6.11. The molecule has 1 aromatic carbocycles. The first-order chi connectivity index (χ1) is 9.15. The van der Waals surface area contributed by atoms with Crippen LogP contribution in [0.25, 0.3) is 0 Å². The lowest BCUT2D eigenvalue weighted by molar-refractivity contribution is -0.178. The van der Waals surface area contributed by atoms with Crippen molar-refractivity contribution < 1.29 is 14.6 Å². The monoisotopic (exact) mass is 261 g/mol. The number of aliphatic hydroxyl groups is 1. The lowest BCUT2D eigenvalue weighted by Gasteiger charge is -2.39. The first kappa shape index (κ1) is 12.6. The van der Waals surface area contributed by atoms with E-state index in [1.165, 1.54) is 0 Å². The summed E-state index contributed by atoms with van der Waals surface area (Å²) in [6.07, 6.45) is 2.28. The molecule has 2 aliphatic heterocycles. The van der Waals surface area contributed by atoms with E-state index in [2.05, 4.69) is 12.2 Å². The van der Waals surface area contributed by atoms with Crippen LogP contribution in [0.2, 0.25) is 0 Å². The zero-order valence-electron chi connectivity index (χ0n) is 11.1. The molecule has 4 nitrogen and oxygen atoms in total.